The van der Waals surface area contributed by atoms with Crippen molar-refractivity contribution in [1.82, 2.24) is 9.88 Å². The number of piperidine rings is 1. The van der Waals surface area contributed by atoms with Crippen molar-refractivity contribution in [1.29, 1.82) is 0 Å². The van der Waals surface area contributed by atoms with E-state index in [0.29, 0.717) is 5.69 Å². The fraction of sp³-hybridized carbons (Fsp3) is 0.375. The molecule has 4 nitrogen and oxygen atoms in total. The van der Waals surface area contributed by atoms with E-state index in [1.54, 1.807) is 13.2 Å². The molecule has 1 fully saturated rings. The summed E-state index contributed by atoms with van der Waals surface area (Å²) >= 11 is 0. The fourth-order valence-electron chi connectivity index (χ4n) is 2.61. The van der Waals surface area contributed by atoms with Crippen LogP contribution in [-0.4, -0.2) is 36.0 Å². The van der Waals surface area contributed by atoms with E-state index in [0.717, 1.165) is 42.6 Å². The average molecular weight is 270 g/mol. The highest BCUT2D eigenvalue weighted by Gasteiger charge is 2.19. The molecule has 1 aliphatic heterocycles. The molecule has 0 saturated carbocycles. The molecule has 0 atom stereocenters. The molecule has 0 unspecified atom stereocenters. The third kappa shape index (κ3) is 2.46. The van der Waals surface area contributed by atoms with Crippen LogP contribution in [-0.2, 0) is 0 Å². The summed E-state index contributed by atoms with van der Waals surface area (Å²) in [5.41, 5.74) is 1.36. The Kier molecular flexibility index (Phi) is 3.54. The maximum absolute atomic E-state index is 12.4. The molecular formula is C16H18N2O2. The summed E-state index contributed by atoms with van der Waals surface area (Å²) in [6.07, 6.45) is 3.40. The highest BCUT2D eigenvalue weighted by Crippen LogP contribution is 2.20. The summed E-state index contributed by atoms with van der Waals surface area (Å²) in [4.78, 5) is 18.8. The summed E-state index contributed by atoms with van der Waals surface area (Å²) in [7, 11) is 1.64. The molecule has 0 bridgehead atoms. The molecule has 104 valence electrons. The Morgan fingerprint density at radius 1 is 1.15 bits per heavy atom. The van der Waals surface area contributed by atoms with Gasteiger partial charge in [0.15, 0.2) is 0 Å². The molecule has 0 spiro atoms. The Morgan fingerprint density at radius 3 is 2.70 bits per heavy atom. The lowest BCUT2D eigenvalue weighted by Gasteiger charge is -2.26. The smallest absolute Gasteiger partial charge is 0.272 e. The van der Waals surface area contributed by atoms with Crippen LogP contribution in [0.5, 0.6) is 5.75 Å². The lowest BCUT2D eigenvalue weighted by atomic mass is 10.1. The maximum atomic E-state index is 12.4. The summed E-state index contributed by atoms with van der Waals surface area (Å²) in [6.45, 7) is 1.70. The zero-order chi connectivity index (χ0) is 13.9. The van der Waals surface area contributed by atoms with Crippen LogP contribution < -0.4 is 4.74 Å². The number of likely N-dealkylation sites (tertiary alicyclic amines) is 1. The van der Waals surface area contributed by atoms with Gasteiger partial charge in [0.2, 0.25) is 0 Å². The Balaban J connectivity index is 1.90. The summed E-state index contributed by atoms with van der Waals surface area (Å²) < 4.78 is 5.19. The summed E-state index contributed by atoms with van der Waals surface area (Å²) in [5.74, 6) is 0.844. The molecule has 4 heteroatoms. The molecule has 1 aromatic heterocycles. The average Bonchev–Trinajstić information content (AvgIpc) is 2.54. The van der Waals surface area contributed by atoms with E-state index in [9.17, 15) is 4.79 Å². The first-order valence-corrected chi connectivity index (χ1v) is 7.02. The monoisotopic (exact) mass is 270 g/mol. The van der Waals surface area contributed by atoms with Crippen molar-refractivity contribution < 1.29 is 9.53 Å². The first-order chi connectivity index (χ1) is 9.78. The van der Waals surface area contributed by atoms with E-state index in [4.69, 9.17) is 4.74 Å². The number of ether oxygens (including phenoxy) is 1. The Labute approximate surface area is 118 Å². The second kappa shape index (κ2) is 5.49. The molecule has 2 aromatic rings. The van der Waals surface area contributed by atoms with Crippen molar-refractivity contribution in [3.63, 3.8) is 0 Å². The lowest BCUT2D eigenvalue weighted by molar-refractivity contribution is 0.0719. The molecule has 1 amide bonds. The van der Waals surface area contributed by atoms with Gasteiger partial charge in [-0.2, -0.15) is 0 Å². The number of pyridine rings is 1. The second-order valence-corrected chi connectivity index (χ2v) is 5.11. The normalized spacial score (nSPS) is 15.3. The van der Waals surface area contributed by atoms with E-state index >= 15 is 0 Å². The largest absolute Gasteiger partial charge is 0.497 e. The third-order valence-corrected chi connectivity index (χ3v) is 3.76. The zero-order valence-electron chi connectivity index (χ0n) is 11.6. The number of carbonyl (C=O) groups is 1. The van der Waals surface area contributed by atoms with Crippen LogP contribution in [0.2, 0.25) is 0 Å². The van der Waals surface area contributed by atoms with Crippen LogP contribution in [0.3, 0.4) is 0 Å². The number of methoxy groups -OCH3 is 1. The second-order valence-electron chi connectivity index (χ2n) is 5.11. The van der Waals surface area contributed by atoms with Crippen molar-refractivity contribution >= 4 is 16.8 Å². The van der Waals surface area contributed by atoms with E-state index in [1.807, 2.05) is 29.2 Å². The standard InChI is InChI=1S/C16H18N2O2/c1-20-13-6-8-14-12(11-13)5-7-15(17-14)16(19)18-9-3-2-4-10-18/h5-8,11H,2-4,9-10H2,1H3. The maximum Gasteiger partial charge on any atom is 0.272 e. The predicted molar refractivity (Wildman–Crippen MR) is 78.0 cm³/mol. The minimum Gasteiger partial charge on any atom is -0.497 e. The molecule has 1 aromatic carbocycles. The molecule has 0 radical (unpaired) electrons. The highest BCUT2D eigenvalue weighted by atomic mass is 16.5. The van der Waals surface area contributed by atoms with E-state index in [1.165, 1.54) is 6.42 Å². The van der Waals surface area contributed by atoms with Crippen LogP contribution in [0.1, 0.15) is 29.8 Å². The zero-order valence-corrected chi connectivity index (χ0v) is 11.6. The Bertz CT molecular complexity index is 633. The molecule has 1 aliphatic rings. The van der Waals surface area contributed by atoms with Crippen LogP contribution in [0.25, 0.3) is 10.9 Å². The Morgan fingerprint density at radius 2 is 1.95 bits per heavy atom. The van der Waals surface area contributed by atoms with Crippen LogP contribution in [0, 0.1) is 0 Å². The molecule has 0 N–H and O–H groups in total. The van der Waals surface area contributed by atoms with Gasteiger partial charge >= 0.3 is 0 Å². The van der Waals surface area contributed by atoms with Crippen molar-refractivity contribution in [2.75, 3.05) is 20.2 Å². The van der Waals surface area contributed by atoms with Gasteiger partial charge < -0.3 is 9.64 Å². The molecule has 1 saturated heterocycles. The third-order valence-electron chi connectivity index (χ3n) is 3.76. The van der Waals surface area contributed by atoms with Gasteiger partial charge in [-0.25, -0.2) is 4.98 Å². The molecule has 2 heterocycles. The number of aromatic nitrogens is 1. The first-order valence-electron chi connectivity index (χ1n) is 7.02. The van der Waals surface area contributed by atoms with Crippen LogP contribution in [0.15, 0.2) is 30.3 Å². The quantitative estimate of drug-likeness (QED) is 0.842. The van der Waals surface area contributed by atoms with Gasteiger partial charge in [-0.3, -0.25) is 4.79 Å². The van der Waals surface area contributed by atoms with E-state index in [2.05, 4.69) is 4.98 Å². The number of amides is 1. The van der Waals surface area contributed by atoms with Crippen molar-refractivity contribution in [3.8, 4) is 5.75 Å². The minimum absolute atomic E-state index is 0.0439. The predicted octanol–water partition coefficient (Wildman–Crippen LogP) is 2.87. The van der Waals surface area contributed by atoms with Crippen LogP contribution >= 0.6 is 0 Å². The van der Waals surface area contributed by atoms with Gasteiger partial charge in [-0.15, -0.1) is 0 Å². The number of carbonyl (C=O) groups excluding carboxylic acids is 1. The van der Waals surface area contributed by atoms with Crippen molar-refractivity contribution in [3.05, 3.63) is 36.0 Å². The fourth-order valence-corrected chi connectivity index (χ4v) is 2.61. The number of hydrogen-bond donors (Lipinski definition) is 0. The van der Waals surface area contributed by atoms with Gasteiger partial charge in [0.05, 0.1) is 12.6 Å². The SMILES string of the molecule is COc1ccc2nc(C(=O)N3CCCCC3)ccc2c1. The van der Waals surface area contributed by atoms with Gasteiger partial charge in [0.1, 0.15) is 11.4 Å². The minimum atomic E-state index is 0.0439. The molecule has 20 heavy (non-hydrogen) atoms. The molecular weight excluding hydrogens is 252 g/mol. The number of benzene rings is 1. The van der Waals surface area contributed by atoms with Gasteiger partial charge in [-0.05, 0) is 43.5 Å². The topological polar surface area (TPSA) is 42.4 Å². The molecule has 0 aliphatic carbocycles. The summed E-state index contributed by atoms with van der Waals surface area (Å²) in [5, 5.41) is 0.986. The van der Waals surface area contributed by atoms with Crippen molar-refractivity contribution in [2.45, 2.75) is 19.3 Å². The lowest BCUT2D eigenvalue weighted by Crippen LogP contribution is -2.36. The van der Waals surface area contributed by atoms with Gasteiger partial charge in [0.25, 0.3) is 5.91 Å². The highest BCUT2D eigenvalue weighted by molar-refractivity contribution is 5.95. The number of fused-ring (bicyclic) bond motifs is 1. The van der Waals surface area contributed by atoms with Crippen molar-refractivity contribution in [2.24, 2.45) is 0 Å². The van der Waals surface area contributed by atoms with Crippen LogP contribution in [0.4, 0.5) is 0 Å². The Hall–Kier alpha value is -2.10. The van der Waals surface area contributed by atoms with E-state index in [-0.39, 0.29) is 5.91 Å². The van der Waals surface area contributed by atoms with Gasteiger partial charge in [0, 0.05) is 18.5 Å². The first kappa shape index (κ1) is 12.9. The number of nitrogens with zero attached hydrogens (tertiary/aromatic N) is 2. The summed E-state index contributed by atoms with van der Waals surface area (Å²) in [6, 6.07) is 9.42. The molecule has 3 rings (SSSR count). The van der Waals surface area contributed by atoms with E-state index < -0.39 is 0 Å². The number of hydrogen-bond acceptors (Lipinski definition) is 3. The number of rotatable bonds is 2. The van der Waals surface area contributed by atoms with Gasteiger partial charge in [-0.1, -0.05) is 6.07 Å².